The van der Waals surface area contributed by atoms with E-state index in [1.54, 1.807) is 0 Å². The number of fused-ring (bicyclic) bond motifs is 10. The van der Waals surface area contributed by atoms with Crippen molar-refractivity contribution in [2.45, 2.75) is 0 Å². The first-order chi connectivity index (χ1) is 31.3. The first-order valence-electron chi connectivity index (χ1n) is 21.6. The molecule has 0 radical (unpaired) electrons. The summed E-state index contributed by atoms with van der Waals surface area (Å²) in [4.78, 5) is 11.7. The van der Waals surface area contributed by atoms with Gasteiger partial charge < -0.3 is 0 Å². The van der Waals surface area contributed by atoms with Crippen LogP contribution in [0, 0.1) is 0 Å². The van der Waals surface area contributed by atoms with E-state index in [2.05, 4.69) is 240 Å². The molecule has 0 aliphatic carbocycles. The standard InChI is InChI=1S/C58H38GeN4/c1-5-21-39(22-6-1)55-54-45-30-13-17-33-48(45)59(40-23-7-2-8-24-40,41-25-9-3-10-26-41)57(54)61-58(60-55)47-32-16-20-36-51(47)63-49-34-18-14-29-43(49)44-37-38-52-53(56(44)63)46-31-15-19-35-50(46)62(52)42-27-11-4-12-28-42/h1-38H. The van der Waals surface area contributed by atoms with Gasteiger partial charge >= 0.3 is 351 Å². The molecule has 0 bridgehead atoms. The van der Waals surface area contributed by atoms with Gasteiger partial charge in [0, 0.05) is 0 Å². The third-order valence-corrected chi connectivity index (χ3v) is 23.1. The summed E-state index contributed by atoms with van der Waals surface area (Å²) in [5.41, 5.74) is 12.2. The predicted octanol–water partition coefficient (Wildman–Crippen LogP) is 11.4. The van der Waals surface area contributed by atoms with Crippen molar-refractivity contribution in [1.82, 2.24) is 19.1 Å². The molecule has 0 N–H and O–H groups in total. The van der Waals surface area contributed by atoms with Crippen LogP contribution in [0.1, 0.15) is 0 Å². The molecule has 0 atom stereocenters. The Morgan fingerprint density at radius 1 is 0.381 bits per heavy atom. The summed E-state index contributed by atoms with van der Waals surface area (Å²) in [6, 6.07) is 83.9. The van der Waals surface area contributed by atoms with Crippen LogP contribution in [0.25, 0.3) is 88.8 Å². The molecule has 9 aromatic carbocycles. The molecule has 0 unspecified atom stereocenters. The van der Waals surface area contributed by atoms with Crippen LogP contribution in [0.4, 0.5) is 0 Å². The van der Waals surface area contributed by atoms with E-state index in [1.165, 1.54) is 55.9 Å². The zero-order valence-corrected chi connectivity index (χ0v) is 36.3. The second-order valence-electron chi connectivity index (χ2n) is 16.4. The molecule has 3 aromatic heterocycles. The van der Waals surface area contributed by atoms with Crippen molar-refractivity contribution in [3.8, 4) is 45.1 Å². The number of rotatable bonds is 6. The number of para-hydroxylation sites is 4. The molecule has 1 aliphatic heterocycles. The molecule has 0 saturated carbocycles. The Morgan fingerprint density at radius 3 is 1.65 bits per heavy atom. The van der Waals surface area contributed by atoms with E-state index in [1.807, 2.05) is 0 Å². The summed E-state index contributed by atoms with van der Waals surface area (Å²) >= 11 is -3.78. The van der Waals surface area contributed by atoms with E-state index in [9.17, 15) is 0 Å². The molecule has 4 nitrogen and oxygen atoms in total. The Balaban J connectivity index is 1.17. The van der Waals surface area contributed by atoms with Gasteiger partial charge in [-0.25, -0.2) is 0 Å². The van der Waals surface area contributed by atoms with E-state index in [-0.39, 0.29) is 0 Å². The van der Waals surface area contributed by atoms with Crippen LogP contribution in [-0.4, -0.2) is 32.4 Å². The third kappa shape index (κ3) is 5.16. The fraction of sp³-hybridized carbons (Fsp3) is 0. The van der Waals surface area contributed by atoms with Gasteiger partial charge in [-0.05, 0) is 0 Å². The van der Waals surface area contributed by atoms with Gasteiger partial charge in [0.2, 0.25) is 0 Å². The molecular weight excluding hydrogens is 825 g/mol. The predicted molar refractivity (Wildman–Crippen MR) is 264 cm³/mol. The Labute approximate surface area is 367 Å². The Kier molecular flexibility index (Phi) is 8.05. The van der Waals surface area contributed by atoms with Crippen molar-refractivity contribution in [3.05, 3.63) is 231 Å². The van der Waals surface area contributed by atoms with Crippen molar-refractivity contribution in [2.75, 3.05) is 0 Å². The number of hydrogen-bond donors (Lipinski definition) is 0. The third-order valence-electron chi connectivity index (χ3n) is 13.2. The number of benzene rings is 9. The van der Waals surface area contributed by atoms with E-state index >= 15 is 0 Å². The average molecular weight is 864 g/mol. The van der Waals surface area contributed by atoms with Gasteiger partial charge in [-0.2, -0.15) is 0 Å². The summed E-state index contributed by atoms with van der Waals surface area (Å²) in [5.74, 6) is 0.725. The van der Waals surface area contributed by atoms with E-state index < -0.39 is 13.3 Å². The van der Waals surface area contributed by atoms with Crippen molar-refractivity contribution < 1.29 is 0 Å². The molecule has 0 fully saturated rings. The van der Waals surface area contributed by atoms with Crippen LogP contribution >= 0.6 is 0 Å². The van der Waals surface area contributed by atoms with Crippen LogP contribution in [0.15, 0.2) is 231 Å². The zero-order chi connectivity index (χ0) is 41.5. The van der Waals surface area contributed by atoms with Crippen molar-refractivity contribution >= 4 is 74.6 Å². The second kappa shape index (κ2) is 14.1. The minimum absolute atomic E-state index is 0.725. The zero-order valence-electron chi connectivity index (χ0n) is 34.2. The normalized spacial score (nSPS) is 12.9. The van der Waals surface area contributed by atoms with Crippen molar-refractivity contribution in [1.29, 1.82) is 0 Å². The Bertz CT molecular complexity index is 3690. The molecule has 0 saturated heterocycles. The molecule has 5 heteroatoms. The number of nitrogens with zero attached hydrogens (tertiary/aromatic N) is 4. The van der Waals surface area contributed by atoms with Crippen molar-refractivity contribution in [3.63, 3.8) is 0 Å². The van der Waals surface area contributed by atoms with E-state index in [4.69, 9.17) is 9.97 Å². The number of aromatic nitrogens is 4. The number of hydrogen-bond acceptors (Lipinski definition) is 2. The molecule has 12 aromatic rings. The summed E-state index contributed by atoms with van der Waals surface area (Å²) in [7, 11) is 0. The van der Waals surface area contributed by atoms with Gasteiger partial charge in [-0.3, -0.25) is 0 Å². The topological polar surface area (TPSA) is 35.6 Å². The molecule has 63 heavy (non-hydrogen) atoms. The Morgan fingerprint density at radius 2 is 0.937 bits per heavy atom. The van der Waals surface area contributed by atoms with E-state index in [0.717, 1.165) is 50.6 Å². The van der Waals surface area contributed by atoms with Gasteiger partial charge in [0.05, 0.1) is 0 Å². The van der Waals surface area contributed by atoms with Gasteiger partial charge in [0.15, 0.2) is 0 Å². The van der Waals surface area contributed by atoms with Crippen molar-refractivity contribution in [2.24, 2.45) is 0 Å². The minimum atomic E-state index is -3.78. The maximum atomic E-state index is 5.97. The summed E-state index contributed by atoms with van der Waals surface area (Å²) in [6.07, 6.45) is 0. The van der Waals surface area contributed by atoms with Crippen LogP contribution in [0.3, 0.4) is 0 Å². The molecule has 4 heterocycles. The molecule has 1 aliphatic rings. The summed E-state index contributed by atoms with van der Waals surface area (Å²) < 4.78 is 10.2. The van der Waals surface area contributed by atoms with Crippen LogP contribution in [-0.2, 0) is 0 Å². The van der Waals surface area contributed by atoms with Gasteiger partial charge in [0.25, 0.3) is 0 Å². The average Bonchev–Trinajstić information content (AvgIpc) is 3.99. The first kappa shape index (κ1) is 35.9. The van der Waals surface area contributed by atoms with Gasteiger partial charge in [-0.1, -0.05) is 18.2 Å². The summed E-state index contributed by atoms with van der Waals surface area (Å²) in [6.45, 7) is 0. The second-order valence-corrected chi connectivity index (χ2v) is 24.1. The Hall–Kier alpha value is -7.80. The molecular formula is C58H38GeN4. The monoisotopic (exact) mass is 864 g/mol. The van der Waals surface area contributed by atoms with Crippen LogP contribution in [0.2, 0.25) is 0 Å². The van der Waals surface area contributed by atoms with Gasteiger partial charge in [0.1, 0.15) is 0 Å². The molecule has 0 spiro atoms. The quantitative estimate of drug-likeness (QED) is 0.156. The van der Waals surface area contributed by atoms with E-state index in [0.29, 0.717) is 0 Å². The molecule has 294 valence electrons. The van der Waals surface area contributed by atoms with Gasteiger partial charge in [-0.15, -0.1) is 0 Å². The fourth-order valence-electron chi connectivity index (χ4n) is 10.7. The first-order valence-corrected chi connectivity index (χ1v) is 25.8. The van der Waals surface area contributed by atoms with Crippen LogP contribution < -0.4 is 17.7 Å². The maximum absolute atomic E-state index is 5.97. The summed E-state index contributed by atoms with van der Waals surface area (Å²) in [5, 5.41) is 4.85. The molecule has 0 amide bonds. The SMILES string of the molecule is c1ccc(-c2nc(-c3ccccc3-n3c4ccccc4c4ccc5c(c6ccccc6n5-c5ccccc5)c43)n[c]3c2-c2cccc[c]2[Ge]3([c]2ccccc2)[c]2ccccc2)cc1. The fourth-order valence-corrected chi connectivity index (χ4v) is 21.2. The molecule has 13 rings (SSSR count). The van der Waals surface area contributed by atoms with Crippen LogP contribution in [0.5, 0.6) is 0 Å².